The maximum atomic E-state index is 8.85. The molecule has 4 heteroatoms. The minimum atomic E-state index is -0.114. The molecule has 1 N–H and O–H groups in total. The summed E-state index contributed by atoms with van der Waals surface area (Å²) in [5.41, 5.74) is 0. The molecule has 0 radical (unpaired) electrons. The van der Waals surface area contributed by atoms with Gasteiger partial charge in [-0.05, 0) is 26.7 Å². The van der Waals surface area contributed by atoms with Crippen molar-refractivity contribution in [3.05, 3.63) is 0 Å². The van der Waals surface area contributed by atoms with Crippen molar-refractivity contribution in [2.45, 2.75) is 45.7 Å². The number of nitrogens with zero attached hydrogens (tertiary/aromatic N) is 1. The van der Waals surface area contributed by atoms with Gasteiger partial charge in [0.25, 0.3) is 0 Å². The fourth-order valence-electron chi connectivity index (χ4n) is 1.26. The molecule has 0 aliphatic rings. The third-order valence-electron chi connectivity index (χ3n) is 1.96. The van der Waals surface area contributed by atoms with Crippen LogP contribution in [-0.2, 0) is 9.47 Å². The molecule has 1 atom stereocenters. The first kappa shape index (κ1) is 15.4. The van der Waals surface area contributed by atoms with Crippen LogP contribution in [0.25, 0.3) is 0 Å². The molecular weight excluding hydrogens is 204 g/mol. The molecule has 0 aliphatic heterocycles. The van der Waals surface area contributed by atoms with Gasteiger partial charge in [-0.2, -0.15) is 5.26 Å². The van der Waals surface area contributed by atoms with E-state index in [9.17, 15) is 0 Å². The average molecular weight is 228 g/mol. The van der Waals surface area contributed by atoms with Crippen LogP contribution in [0.3, 0.4) is 0 Å². The molecule has 0 aliphatic carbocycles. The topological polar surface area (TPSA) is 54.3 Å². The van der Waals surface area contributed by atoms with E-state index in [1.807, 2.05) is 13.8 Å². The standard InChI is InChI=1S/C12H24N2O2/c1-4-6-15-8-9-16-7-5-12(10-13)14-11(2)3/h11-12,14H,4-9H2,1-3H3. The molecule has 0 rings (SSSR count). The van der Waals surface area contributed by atoms with Gasteiger partial charge in [-0.1, -0.05) is 6.92 Å². The highest BCUT2D eigenvalue weighted by atomic mass is 16.5. The largest absolute Gasteiger partial charge is 0.379 e. The van der Waals surface area contributed by atoms with Gasteiger partial charge in [-0.15, -0.1) is 0 Å². The van der Waals surface area contributed by atoms with Gasteiger partial charge in [0, 0.05) is 19.3 Å². The van der Waals surface area contributed by atoms with Crippen LogP contribution >= 0.6 is 0 Å². The van der Waals surface area contributed by atoms with Gasteiger partial charge >= 0.3 is 0 Å². The van der Waals surface area contributed by atoms with Crippen molar-refractivity contribution in [1.82, 2.24) is 5.32 Å². The number of hydrogen-bond donors (Lipinski definition) is 1. The summed E-state index contributed by atoms with van der Waals surface area (Å²) in [4.78, 5) is 0. The van der Waals surface area contributed by atoms with Crippen LogP contribution in [0.2, 0.25) is 0 Å². The molecule has 0 spiro atoms. The first-order chi connectivity index (χ1) is 7.70. The summed E-state index contributed by atoms with van der Waals surface area (Å²) in [6.45, 7) is 8.79. The first-order valence-corrected chi connectivity index (χ1v) is 6.01. The monoisotopic (exact) mass is 228 g/mol. The normalized spacial score (nSPS) is 12.7. The van der Waals surface area contributed by atoms with E-state index < -0.39 is 0 Å². The van der Waals surface area contributed by atoms with E-state index in [1.54, 1.807) is 0 Å². The Kier molecular flexibility index (Phi) is 10.4. The average Bonchev–Trinajstić information content (AvgIpc) is 2.25. The lowest BCUT2D eigenvalue weighted by Gasteiger charge is -2.14. The van der Waals surface area contributed by atoms with Gasteiger partial charge in [-0.25, -0.2) is 0 Å². The SMILES string of the molecule is CCCOCCOCCC(C#N)NC(C)C. The van der Waals surface area contributed by atoms with Crippen molar-refractivity contribution in [1.29, 1.82) is 5.26 Å². The molecule has 0 heterocycles. The molecule has 16 heavy (non-hydrogen) atoms. The van der Waals surface area contributed by atoms with Crippen molar-refractivity contribution in [2.75, 3.05) is 26.4 Å². The smallest absolute Gasteiger partial charge is 0.0976 e. The number of ether oxygens (including phenoxy) is 2. The summed E-state index contributed by atoms with van der Waals surface area (Å²) < 4.78 is 10.7. The van der Waals surface area contributed by atoms with E-state index >= 15 is 0 Å². The third-order valence-corrected chi connectivity index (χ3v) is 1.96. The Morgan fingerprint density at radius 3 is 2.25 bits per heavy atom. The Labute approximate surface area is 98.9 Å². The van der Waals surface area contributed by atoms with E-state index in [2.05, 4.69) is 18.3 Å². The van der Waals surface area contributed by atoms with Crippen LogP contribution in [0.1, 0.15) is 33.6 Å². The second kappa shape index (κ2) is 10.9. The summed E-state index contributed by atoms with van der Waals surface area (Å²) >= 11 is 0. The highest BCUT2D eigenvalue weighted by Crippen LogP contribution is 1.94. The van der Waals surface area contributed by atoms with Gasteiger partial charge < -0.3 is 9.47 Å². The summed E-state index contributed by atoms with van der Waals surface area (Å²) in [5, 5.41) is 12.0. The summed E-state index contributed by atoms with van der Waals surface area (Å²) in [6, 6.07) is 2.44. The predicted molar refractivity (Wildman–Crippen MR) is 64.2 cm³/mol. The van der Waals surface area contributed by atoms with E-state index in [0.29, 0.717) is 25.9 Å². The molecule has 4 nitrogen and oxygen atoms in total. The third kappa shape index (κ3) is 9.91. The Hall–Kier alpha value is -0.630. The Bertz CT molecular complexity index is 190. The molecule has 0 saturated heterocycles. The summed E-state index contributed by atoms with van der Waals surface area (Å²) in [5.74, 6) is 0. The summed E-state index contributed by atoms with van der Waals surface area (Å²) in [7, 11) is 0. The molecule has 0 aromatic rings. The maximum Gasteiger partial charge on any atom is 0.0976 e. The van der Waals surface area contributed by atoms with Gasteiger partial charge in [0.2, 0.25) is 0 Å². The fraction of sp³-hybridized carbons (Fsp3) is 0.917. The van der Waals surface area contributed by atoms with Gasteiger partial charge in [0.05, 0.1) is 25.3 Å². The Balaban J connectivity index is 3.32. The molecule has 0 saturated carbocycles. The molecule has 0 amide bonds. The molecule has 94 valence electrons. The quantitative estimate of drug-likeness (QED) is 0.578. The zero-order valence-electron chi connectivity index (χ0n) is 10.7. The van der Waals surface area contributed by atoms with Crippen LogP contribution in [0.4, 0.5) is 0 Å². The van der Waals surface area contributed by atoms with Crippen LogP contribution in [-0.4, -0.2) is 38.5 Å². The van der Waals surface area contributed by atoms with Gasteiger partial charge in [-0.3, -0.25) is 5.32 Å². The van der Waals surface area contributed by atoms with E-state index in [-0.39, 0.29) is 6.04 Å². The molecule has 0 fully saturated rings. The molecular formula is C12H24N2O2. The second-order valence-corrected chi connectivity index (χ2v) is 4.02. The zero-order chi connectivity index (χ0) is 12.2. The van der Waals surface area contributed by atoms with Crippen molar-refractivity contribution in [3.63, 3.8) is 0 Å². The number of nitrogens with one attached hydrogen (secondary N) is 1. The Morgan fingerprint density at radius 2 is 1.75 bits per heavy atom. The van der Waals surface area contributed by atoms with Crippen molar-refractivity contribution in [2.24, 2.45) is 0 Å². The van der Waals surface area contributed by atoms with E-state index in [4.69, 9.17) is 14.7 Å². The van der Waals surface area contributed by atoms with Crippen molar-refractivity contribution < 1.29 is 9.47 Å². The van der Waals surface area contributed by atoms with Gasteiger partial charge in [0.1, 0.15) is 0 Å². The Morgan fingerprint density at radius 1 is 1.12 bits per heavy atom. The number of rotatable bonds is 10. The zero-order valence-corrected chi connectivity index (χ0v) is 10.7. The van der Waals surface area contributed by atoms with Crippen molar-refractivity contribution in [3.8, 4) is 6.07 Å². The maximum absolute atomic E-state index is 8.85. The lowest BCUT2D eigenvalue weighted by atomic mass is 10.2. The van der Waals surface area contributed by atoms with E-state index in [0.717, 1.165) is 19.4 Å². The highest BCUT2D eigenvalue weighted by Gasteiger charge is 2.07. The van der Waals surface area contributed by atoms with Crippen molar-refractivity contribution >= 4 is 0 Å². The van der Waals surface area contributed by atoms with E-state index in [1.165, 1.54) is 0 Å². The first-order valence-electron chi connectivity index (χ1n) is 6.01. The minimum absolute atomic E-state index is 0.114. The lowest BCUT2D eigenvalue weighted by Crippen LogP contribution is -2.34. The lowest BCUT2D eigenvalue weighted by molar-refractivity contribution is 0.0457. The molecule has 0 aromatic heterocycles. The summed E-state index contributed by atoms with van der Waals surface area (Å²) in [6.07, 6.45) is 1.76. The van der Waals surface area contributed by atoms with Crippen LogP contribution in [0.15, 0.2) is 0 Å². The van der Waals surface area contributed by atoms with Gasteiger partial charge in [0.15, 0.2) is 0 Å². The number of nitriles is 1. The van der Waals surface area contributed by atoms with Crippen LogP contribution in [0.5, 0.6) is 0 Å². The minimum Gasteiger partial charge on any atom is -0.379 e. The second-order valence-electron chi connectivity index (χ2n) is 4.02. The fourth-order valence-corrected chi connectivity index (χ4v) is 1.26. The molecule has 0 bridgehead atoms. The number of hydrogen-bond acceptors (Lipinski definition) is 4. The predicted octanol–water partition coefficient (Wildman–Crippen LogP) is 1.71. The molecule has 0 aromatic carbocycles. The van der Waals surface area contributed by atoms with Crippen LogP contribution < -0.4 is 5.32 Å². The highest BCUT2D eigenvalue weighted by molar-refractivity contribution is 4.90. The van der Waals surface area contributed by atoms with Crippen LogP contribution in [0, 0.1) is 11.3 Å². The molecule has 1 unspecified atom stereocenters.